The second kappa shape index (κ2) is 50.4. The van der Waals surface area contributed by atoms with Gasteiger partial charge in [-0.2, -0.15) is 0 Å². The van der Waals surface area contributed by atoms with Crippen molar-refractivity contribution in [3.05, 3.63) is 419 Å². The van der Waals surface area contributed by atoms with Gasteiger partial charge in [0.2, 0.25) is 0 Å². The lowest BCUT2D eigenvalue weighted by Gasteiger charge is -2.30. The van der Waals surface area contributed by atoms with Crippen LogP contribution in [0.1, 0.15) is 316 Å². The minimum absolute atomic E-state index is 0.470. The van der Waals surface area contributed by atoms with Crippen LogP contribution in [0.4, 0.5) is 0 Å². The van der Waals surface area contributed by atoms with Crippen LogP contribution in [0.2, 0.25) is 0 Å². The number of rotatable bonds is 6. The Morgan fingerprint density at radius 3 is 1.06 bits per heavy atom. The maximum Gasteiger partial charge on any atom is 0.0285 e. The maximum absolute atomic E-state index is 2.44. The molecular formula is C145H168. The zero-order chi connectivity index (χ0) is 104. The van der Waals surface area contributed by atoms with Gasteiger partial charge in [0.1, 0.15) is 0 Å². The number of fused-ring (bicyclic) bond motifs is 18. The highest BCUT2D eigenvalue weighted by molar-refractivity contribution is 6.25. The van der Waals surface area contributed by atoms with Crippen LogP contribution in [0, 0.1) is 41.4 Å². The van der Waals surface area contributed by atoms with E-state index < -0.39 is 0 Å². The number of hydrogen-bond acceptors (Lipinski definition) is 0. The van der Waals surface area contributed by atoms with Gasteiger partial charge in [-0.25, -0.2) is 0 Å². The summed E-state index contributed by atoms with van der Waals surface area (Å²) in [6.07, 6.45) is 11.9. The van der Waals surface area contributed by atoms with Crippen LogP contribution in [0.15, 0.2) is 358 Å². The Hall–Kier alpha value is -12.7. The second-order valence-electron chi connectivity index (χ2n) is 46.6. The predicted molar refractivity (Wildman–Crippen MR) is 652 cm³/mol. The minimum Gasteiger partial charge on any atom is -0.0835 e. The first-order chi connectivity index (χ1) is 69.4. The molecule has 0 N–H and O–H groups in total. The first kappa shape index (κ1) is 109. The molecule has 24 rings (SSSR count). The number of benzene rings is 20. The van der Waals surface area contributed by atoms with Crippen molar-refractivity contribution in [1.82, 2.24) is 0 Å². The molecule has 3 atom stereocenters. The van der Waals surface area contributed by atoms with Gasteiger partial charge >= 0.3 is 0 Å². The molecule has 20 aromatic rings. The summed E-state index contributed by atoms with van der Waals surface area (Å²) in [4.78, 5) is 0. The van der Waals surface area contributed by atoms with E-state index in [0.29, 0.717) is 53.3 Å². The van der Waals surface area contributed by atoms with Gasteiger partial charge in [-0.1, -0.05) is 554 Å². The quantitative estimate of drug-likeness (QED) is 0.0884. The van der Waals surface area contributed by atoms with E-state index in [4.69, 9.17) is 0 Å². The lowest BCUT2D eigenvalue weighted by molar-refractivity contribution is 0.566. The SMILES string of the molecule is C1=CC2Cc3ccccc3-c3cccc(c32)C1.CC(C)C.CC(C)C.CC(C)C.CC(C)C.CC(C)C.CC(C)C.CC(C)c1c2ccccc2c(C(C)C)c2c1ccc1ccccc12.CC(C)c1ccc2c(c1)-c1cccc3c1C2C=CC3C(C)C.CC(C)c1ccc2ccc3ccc(C(C)C)c4ccc1c2c34.c1ccc2c(c1)ccc1c3ccccc3ccc21.c1ccc2cc3c(ccc4ccccc43)cc2c1. The van der Waals surface area contributed by atoms with E-state index in [1.807, 2.05) is 0 Å². The van der Waals surface area contributed by atoms with Gasteiger partial charge in [0.05, 0.1) is 0 Å². The Balaban J connectivity index is 0.000000140. The maximum atomic E-state index is 2.44. The molecule has 0 saturated carbocycles. The van der Waals surface area contributed by atoms with Crippen LogP contribution in [0.25, 0.3) is 152 Å². The molecule has 20 aromatic carbocycles. The lowest BCUT2D eigenvalue weighted by atomic mass is 9.74. The second-order valence-corrected chi connectivity index (χ2v) is 46.6. The largest absolute Gasteiger partial charge is 0.0835 e. The van der Waals surface area contributed by atoms with Gasteiger partial charge in [-0.15, -0.1) is 0 Å². The average Bonchev–Trinajstić information content (AvgIpc) is 1.06. The van der Waals surface area contributed by atoms with Crippen LogP contribution in [0.3, 0.4) is 0 Å². The van der Waals surface area contributed by atoms with E-state index in [1.165, 1.54) is 196 Å². The zero-order valence-corrected chi connectivity index (χ0v) is 93.6. The van der Waals surface area contributed by atoms with Gasteiger partial charge in [0.25, 0.3) is 0 Å². The van der Waals surface area contributed by atoms with Crippen LogP contribution in [-0.4, -0.2) is 0 Å². The lowest BCUT2D eigenvalue weighted by Crippen LogP contribution is -2.14. The number of hydrogen-bond donors (Lipinski definition) is 0. The summed E-state index contributed by atoms with van der Waals surface area (Å²) < 4.78 is 0. The highest BCUT2D eigenvalue weighted by Crippen LogP contribution is 2.54. The van der Waals surface area contributed by atoms with E-state index >= 15 is 0 Å². The summed E-state index contributed by atoms with van der Waals surface area (Å²) in [5.41, 5.74) is 22.3. The molecule has 0 saturated heterocycles. The summed E-state index contributed by atoms with van der Waals surface area (Å²) >= 11 is 0. The summed E-state index contributed by atoms with van der Waals surface area (Å²) in [5, 5.41) is 32.7. The Morgan fingerprint density at radius 1 is 0.207 bits per heavy atom. The highest BCUT2D eigenvalue weighted by Gasteiger charge is 2.35. The molecule has 0 amide bonds. The monoisotopic (exact) mass is 1910 g/mol. The molecule has 0 spiro atoms. The van der Waals surface area contributed by atoms with Crippen LogP contribution in [-0.2, 0) is 12.8 Å². The van der Waals surface area contributed by atoms with Gasteiger partial charge in [0, 0.05) is 17.8 Å². The third-order valence-corrected chi connectivity index (χ3v) is 26.8. The van der Waals surface area contributed by atoms with Crippen molar-refractivity contribution >= 4 is 129 Å². The van der Waals surface area contributed by atoms with Crippen molar-refractivity contribution in [3.8, 4) is 22.3 Å². The van der Waals surface area contributed by atoms with Crippen molar-refractivity contribution in [2.75, 3.05) is 0 Å². The van der Waals surface area contributed by atoms with Crippen LogP contribution >= 0.6 is 0 Å². The Kier molecular flexibility index (Phi) is 38.0. The fourth-order valence-electron chi connectivity index (χ4n) is 21.0. The fraction of sp³-hybridized carbons (Fsp3) is 0.324. The van der Waals surface area contributed by atoms with E-state index in [0.717, 1.165) is 48.3 Å². The molecule has 4 aliphatic carbocycles. The Morgan fingerprint density at radius 2 is 0.579 bits per heavy atom. The summed E-state index contributed by atoms with van der Waals surface area (Å²) in [6, 6.07) is 123. The first-order valence-electron chi connectivity index (χ1n) is 54.9. The van der Waals surface area contributed by atoms with Crippen LogP contribution in [0.5, 0.6) is 0 Å². The van der Waals surface area contributed by atoms with Gasteiger partial charge < -0.3 is 0 Å². The first-order valence-corrected chi connectivity index (χ1v) is 54.9. The molecule has 0 nitrogen and oxygen atoms in total. The van der Waals surface area contributed by atoms with E-state index in [9.17, 15) is 0 Å². The Bertz CT molecular complexity index is 7500. The molecule has 0 aliphatic heterocycles. The molecule has 3 unspecified atom stereocenters. The highest BCUT2D eigenvalue weighted by atomic mass is 14.4. The standard InChI is InChI=1S/C24H24.C22H22.C22H24.2C18H12.C17H14.6C4H10/c1-15(2)22-19-11-7-8-12-20(19)23(16(3)4)24-18-10-6-5-9-17(18)13-14-21(22)24;1-13(2)17-9-7-15-5-6-16-8-10-18(14(3)4)20-12-11-19(17)21(15)22(16)20;1-13(2)15-8-9-17-20-11-10-16(14(3)4)18-6-5-7-19(22(18)20)21(17)12-15;1-3-7-15-13(5-1)9-11-18-16-8-4-2-6-14(16)10-12-17(15)18;1-2-7-15-12-18-16(11-14(15)6-1)10-9-13-5-3-4-8-17(13)18;1-2-9-15-13(5-1)11-14-8-3-6-12-7-4-10-16(15)17(12)14;6*1-4(2)3/h5-16H,1-4H3;5-14H,1-4H3;5-14,16,20H,1-4H3;2*1-12H;1-5,7-10,14H,6,11H2;6*4H,1-3H3. The van der Waals surface area contributed by atoms with Crippen LogP contribution < -0.4 is 0 Å². The summed E-state index contributed by atoms with van der Waals surface area (Å²) in [7, 11) is 0. The molecule has 0 heteroatoms. The molecule has 0 fully saturated rings. The smallest absolute Gasteiger partial charge is 0.0285 e. The fourth-order valence-corrected chi connectivity index (χ4v) is 21.0. The van der Waals surface area contributed by atoms with Gasteiger partial charge in [-0.05, 0) is 309 Å². The van der Waals surface area contributed by atoms with Crippen molar-refractivity contribution in [3.63, 3.8) is 0 Å². The summed E-state index contributed by atoms with van der Waals surface area (Å²) in [5.74, 6) is 9.96. The summed E-state index contributed by atoms with van der Waals surface area (Å²) in [6.45, 7) is 66.6. The molecule has 4 aliphatic rings. The molecule has 0 bridgehead atoms. The van der Waals surface area contributed by atoms with Gasteiger partial charge in [0.15, 0.2) is 0 Å². The Labute approximate surface area is 873 Å². The molecule has 0 aromatic heterocycles. The topological polar surface area (TPSA) is 0 Å². The van der Waals surface area contributed by atoms with Crippen molar-refractivity contribution in [1.29, 1.82) is 0 Å². The zero-order valence-electron chi connectivity index (χ0n) is 93.6. The van der Waals surface area contributed by atoms with E-state index in [-0.39, 0.29) is 0 Å². The van der Waals surface area contributed by atoms with Crippen molar-refractivity contribution in [2.24, 2.45) is 41.4 Å². The normalized spacial score (nSPS) is 13.7. The molecular weight excluding hydrogens is 1740 g/mol. The molecule has 748 valence electrons. The third-order valence-electron chi connectivity index (χ3n) is 26.8. The van der Waals surface area contributed by atoms with E-state index in [1.54, 1.807) is 16.7 Å². The van der Waals surface area contributed by atoms with Gasteiger partial charge in [-0.3, -0.25) is 0 Å². The predicted octanol–water partition coefficient (Wildman–Crippen LogP) is 44.8. The third kappa shape index (κ3) is 26.4. The molecule has 145 heavy (non-hydrogen) atoms. The molecule has 0 radical (unpaired) electrons. The molecule has 0 heterocycles. The van der Waals surface area contributed by atoms with Crippen molar-refractivity contribution < 1.29 is 0 Å². The van der Waals surface area contributed by atoms with E-state index in [2.05, 4.69) is 566 Å². The minimum atomic E-state index is 0.470. The van der Waals surface area contributed by atoms with Crippen molar-refractivity contribution in [2.45, 2.75) is 268 Å². The number of allylic oxidation sites excluding steroid dienone is 4. The average molecular weight is 1910 g/mol.